The first-order chi connectivity index (χ1) is 9.62. The third kappa shape index (κ3) is 4.93. The summed E-state index contributed by atoms with van der Waals surface area (Å²) in [4.78, 5) is 11.8. The number of hydrogen-bond acceptors (Lipinski definition) is 3. The van der Waals surface area contributed by atoms with E-state index in [1.165, 1.54) is 0 Å². The lowest BCUT2D eigenvalue weighted by molar-refractivity contribution is -0.121. The number of carbonyl (C=O) groups excluding carboxylic acids is 1. The van der Waals surface area contributed by atoms with Crippen molar-refractivity contribution in [1.29, 1.82) is 0 Å². The third-order valence-electron chi connectivity index (χ3n) is 3.07. The molecular weight excluding hydrogens is 278 g/mol. The van der Waals surface area contributed by atoms with E-state index < -0.39 is 0 Å². The minimum atomic E-state index is -0.136. The van der Waals surface area contributed by atoms with Crippen molar-refractivity contribution in [2.75, 3.05) is 20.1 Å². The second kappa shape index (κ2) is 8.69. The van der Waals surface area contributed by atoms with Gasteiger partial charge in [0.15, 0.2) is 0 Å². The number of ether oxygens (including phenoxy) is 2. The topological polar surface area (TPSA) is 47.6 Å². The maximum atomic E-state index is 11.8. The molecule has 112 valence electrons. The zero-order chi connectivity index (χ0) is 15.0. The highest BCUT2D eigenvalue weighted by Gasteiger charge is 2.14. The number of carbonyl (C=O) groups is 1. The lowest BCUT2D eigenvalue weighted by Crippen LogP contribution is -2.26. The number of rotatable bonds is 8. The minimum Gasteiger partial charge on any atom is -0.497 e. The van der Waals surface area contributed by atoms with Gasteiger partial charge in [-0.3, -0.25) is 4.79 Å². The van der Waals surface area contributed by atoms with Crippen molar-refractivity contribution in [1.82, 2.24) is 5.32 Å². The molecule has 0 radical (unpaired) electrons. The summed E-state index contributed by atoms with van der Waals surface area (Å²) in [7, 11) is 3.22. The number of hydrogen-bond donors (Lipinski definition) is 1. The molecular formula is C15H22ClNO3. The lowest BCUT2D eigenvalue weighted by atomic mass is 10.1. The summed E-state index contributed by atoms with van der Waals surface area (Å²) in [5.74, 6) is 2.09. The molecule has 0 saturated carbocycles. The van der Waals surface area contributed by atoms with Crippen LogP contribution >= 0.6 is 11.6 Å². The molecule has 1 aromatic rings. The molecule has 4 nitrogen and oxygen atoms in total. The Labute approximate surface area is 125 Å². The van der Waals surface area contributed by atoms with Gasteiger partial charge in [-0.1, -0.05) is 0 Å². The lowest BCUT2D eigenvalue weighted by Gasteiger charge is -2.18. The van der Waals surface area contributed by atoms with E-state index >= 15 is 0 Å². The van der Waals surface area contributed by atoms with Crippen LogP contribution in [0.1, 0.15) is 37.8 Å². The van der Waals surface area contributed by atoms with E-state index in [-0.39, 0.29) is 11.9 Å². The summed E-state index contributed by atoms with van der Waals surface area (Å²) >= 11 is 5.60. The average Bonchev–Trinajstić information content (AvgIpc) is 2.46. The first-order valence-electron chi connectivity index (χ1n) is 6.69. The van der Waals surface area contributed by atoms with Gasteiger partial charge in [0.25, 0.3) is 0 Å². The SMILES string of the molecule is COc1ccc(OC)c(C(C)NC(=O)CCCCCl)c1. The molecule has 0 heterocycles. The number of nitrogens with one attached hydrogen (secondary N) is 1. The first kappa shape index (κ1) is 16.6. The van der Waals surface area contributed by atoms with E-state index in [4.69, 9.17) is 21.1 Å². The molecule has 0 aliphatic heterocycles. The molecule has 0 saturated heterocycles. The monoisotopic (exact) mass is 299 g/mol. The Kier molecular flexibility index (Phi) is 7.23. The van der Waals surface area contributed by atoms with Crippen molar-refractivity contribution in [2.45, 2.75) is 32.2 Å². The maximum absolute atomic E-state index is 11.8. The largest absolute Gasteiger partial charge is 0.497 e. The summed E-state index contributed by atoms with van der Waals surface area (Å²) in [5, 5.41) is 2.96. The van der Waals surface area contributed by atoms with Gasteiger partial charge in [-0.25, -0.2) is 0 Å². The van der Waals surface area contributed by atoms with E-state index in [0.29, 0.717) is 12.3 Å². The number of benzene rings is 1. The van der Waals surface area contributed by atoms with Gasteiger partial charge in [0, 0.05) is 17.9 Å². The number of halogens is 1. The second-order valence-electron chi connectivity index (χ2n) is 4.54. The van der Waals surface area contributed by atoms with E-state index in [0.717, 1.165) is 29.9 Å². The van der Waals surface area contributed by atoms with Gasteiger partial charge >= 0.3 is 0 Å². The van der Waals surface area contributed by atoms with Gasteiger partial charge in [0.2, 0.25) is 5.91 Å². The Balaban J connectivity index is 2.70. The number of alkyl halides is 1. The molecule has 1 N–H and O–H groups in total. The predicted octanol–water partition coefficient (Wildman–Crippen LogP) is 3.29. The van der Waals surface area contributed by atoms with Crippen LogP contribution in [0.3, 0.4) is 0 Å². The average molecular weight is 300 g/mol. The van der Waals surface area contributed by atoms with Crippen molar-refractivity contribution < 1.29 is 14.3 Å². The quantitative estimate of drug-likeness (QED) is 0.592. The Bertz CT molecular complexity index is 437. The molecule has 0 aliphatic carbocycles. The molecule has 0 fully saturated rings. The zero-order valence-electron chi connectivity index (χ0n) is 12.2. The fourth-order valence-electron chi connectivity index (χ4n) is 1.95. The predicted molar refractivity (Wildman–Crippen MR) is 80.7 cm³/mol. The fraction of sp³-hybridized carbons (Fsp3) is 0.533. The highest BCUT2D eigenvalue weighted by Crippen LogP contribution is 2.29. The molecule has 20 heavy (non-hydrogen) atoms. The zero-order valence-corrected chi connectivity index (χ0v) is 13.0. The summed E-state index contributed by atoms with van der Waals surface area (Å²) < 4.78 is 10.5. The van der Waals surface area contributed by atoms with Crippen LogP contribution in [0.25, 0.3) is 0 Å². The van der Waals surface area contributed by atoms with E-state index in [2.05, 4.69) is 5.32 Å². The summed E-state index contributed by atoms with van der Waals surface area (Å²) in [5.41, 5.74) is 0.901. The van der Waals surface area contributed by atoms with Crippen molar-refractivity contribution in [3.05, 3.63) is 23.8 Å². The Morgan fingerprint density at radius 1 is 1.30 bits per heavy atom. The Hall–Kier alpha value is -1.42. The smallest absolute Gasteiger partial charge is 0.220 e. The normalized spacial score (nSPS) is 11.8. The van der Waals surface area contributed by atoms with Crippen LogP contribution < -0.4 is 14.8 Å². The van der Waals surface area contributed by atoms with E-state index in [1.54, 1.807) is 14.2 Å². The van der Waals surface area contributed by atoms with Crippen molar-refractivity contribution >= 4 is 17.5 Å². The molecule has 1 unspecified atom stereocenters. The summed E-state index contributed by atoms with van der Waals surface area (Å²) in [6, 6.07) is 5.41. The van der Waals surface area contributed by atoms with Gasteiger partial charge in [0.1, 0.15) is 11.5 Å². The van der Waals surface area contributed by atoms with Gasteiger partial charge in [-0.05, 0) is 38.0 Å². The molecule has 5 heteroatoms. The molecule has 1 rings (SSSR count). The molecule has 0 aromatic heterocycles. The first-order valence-corrected chi connectivity index (χ1v) is 7.23. The van der Waals surface area contributed by atoms with Crippen LogP contribution in [0.4, 0.5) is 0 Å². The highest BCUT2D eigenvalue weighted by molar-refractivity contribution is 6.17. The van der Waals surface area contributed by atoms with Gasteiger partial charge in [-0.15, -0.1) is 11.6 Å². The Morgan fingerprint density at radius 2 is 2.05 bits per heavy atom. The standard InChI is InChI=1S/C15H22ClNO3/c1-11(17-15(18)6-4-5-9-16)13-10-12(19-2)7-8-14(13)20-3/h7-8,10-11H,4-6,9H2,1-3H3,(H,17,18). The van der Waals surface area contributed by atoms with Crippen LogP contribution in [0.15, 0.2) is 18.2 Å². The maximum Gasteiger partial charge on any atom is 0.220 e. The Morgan fingerprint density at radius 3 is 2.65 bits per heavy atom. The van der Waals surface area contributed by atoms with Crippen molar-refractivity contribution in [3.8, 4) is 11.5 Å². The van der Waals surface area contributed by atoms with Crippen LogP contribution in [0, 0.1) is 0 Å². The van der Waals surface area contributed by atoms with Crippen LogP contribution in [-0.2, 0) is 4.79 Å². The third-order valence-corrected chi connectivity index (χ3v) is 3.34. The molecule has 0 bridgehead atoms. The number of unbranched alkanes of at least 4 members (excludes halogenated alkanes) is 1. The molecule has 1 aromatic carbocycles. The number of amides is 1. The van der Waals surface area contributed by atoms with Gasteiger partial charge in [-0.2, -0.15) is 0 Å². The van der Waals surface area contributed by atoms with Gasteiger partial charge < -0.3 is 14.8 Å². The molecule has 0 aliphatic rings. The molecule has 1 atom stereocenters. The minimum absolute atomic E-state index is 0.0208. The fourth-order valence-corrected chi connectivity index (χ4v) is 2.14. The van der Waals surface area contributed by atoms with E-state index in [1.807, 2.05) is 25.1 Å². The van der Waals surface area contributed by atoms with Crippen LogP contribution in [0.2, 0.25) is 0 Å². The van der Waals surface area contributed by atoms with Crippen molar-refractivity contribution in [2.24, 2.45) is 0 Å². The highest BCUT2D eigenvalue weighted by atomic mass is 35.5. The van der Waals surface area contributed by atoms with Gasteiger partial charge in [0.05, 0.1) is 20.3 Å². The molecule has 1 amide bonds. The number of methoxy groups -OCH3 is 2. The molecule has 0 spiro atoms. The van der Waals surface area contributed by atoms with E-state index in [9.17, 15) is 4.79 Å². The second-order valence-corrected chi connectivity index (χ2v) is 4.92. The van der Waals surface area contributed by atoms with Crippen molar-refractivity contribution in [3.63, 3.8) is 0 Å². The van der Waals surface area contributed by atoms with Crippen LogP contribution in [0.5, 0.6) is 11.5 Å². The summed E-state index contributed by atoms with van der Waals surface area (Å²) in [6.07, 6.45) is 2.15. The van der Waals surface area contributed by atoms with Crippen LogP contribution in [-0.4, -0.2) is 26.0 Å². The summed E-state index contributed by atoms with van der Waals surface area (Å²) in [6.45, 7) is 1.93.